The van der Waals surface area contributed by atoms with Gasteiger partial charge in [0, 0.05) is 36.2 Å². The van der Waals surface area contributed by atoms with E-state index < -0.39 is 0 Å². The van der Waals surface area contributed by atoms with Crippen molar-refractivity contribution < 1.29 is 9.18 Å². The number of fused-ring (bicyclic) bond motifs is 2. The maximum Gasteiger partial charge on any atom is 0.254 e. The molecule has 1 aliphatic heterocycles. The Bertz CT molecular complexity index is 1430. The molecule has 3 heterocycles. The van der Waals surface area contributed by atoms with Gasteiger partial charge in [-0.05, 0) is 104 Å². The van der Waals surface area contributed by atoms with Crippen molar-refractivity contribution in [1.29, 1.82) is 0 Å². The maximum absolute atomic E-state index is 14.0. The third-order valence-corrected chi connectivity index (χ3v) is 8.39. The van der Waals surface area contributed by atoms with Crippen LogP contribution in [0.1, 0.15) is 72.1 Å². The minimum absolute atomic E-state index is 0.108. The van der Waals surface area contributed by atoms with E-state index in [1.807, 2.05) is 29.3 Å². The molecule has 4 aromatic rings. The molecule has 2 aromatic heterocycles. The Kier molecular flexibility index (Phi) is 4.90. The SMILES string of the molecule is O=C(c1ccc2[nH]c([C@H](C3CC3)[C@H]3CC[C@@H](c4ccnc5ccc(F)cc54)CC3)nc2c1)N1CC1. The number of nitrogens with one attached hydrogen (secondary N) is 1. The van der Waals surface area contributed by atoms with Crippen LogP contribution in [-0.2, 0) is 0 Å². The number of nitrogens with zero attached hydrogens (tertiary/aromatic N) is 3. The van der Waals surface area contributed by atoms with Gasteiger partial charge in [0.15, 0.2) is 0 Å². The molecular weight excluding hydrogens is 439 g/mol. The molecule has 0 unspecified atom stereocenters. The van der Waals surface area contributed by atoms with Gasteiger partial charge < -0.3 is 9.88 Å². The number of benzene rings is 2. The highest BCUT2D eigenvalue weighted by Gasteiger charge is 2.41. The van der Waals surface area contributed by atoms with E-state index in [9.17, 15) is 9.18 Å². The highest BCUT2D eigenvalue weighted by Crippen LogP contribution is 2.52. The van der Waals surface area contributed by atoms with Crippen LogP contribution in [-0.4, -0.2) is 38.8 Å². The van der Waals surface area contributed by atoms with Crippen molar-refractivity contribution >= 4 is 27.8 Å². The van der Waals surface area contributed by atoms with E-state index in [2.05, 4.69) is 16.0 Å². The van der Waals surface area contributed by atoms with Crippen LogP contribution in [0.4, 0.5) is 4.39 Å². The Morgan fingerprint density at radius 2 is 1.71 bits per heavy atom. The molecule has 0 spiro atoms. The first-order valence-electron chi connectivity index (χ1n) is 13.0. The molecular formula is C29H29FN4O. The van der Waals surface area contributed by atoms with E-state index in [0.29, 0.717) is 23.7 Å². The number of aromatic amines is 1. The van der Waals surface area contributed by atoms with Crippen molar-refractivity contribution in [3.8, 4) is 0 Å². The molecule has 35 heavy (non-hydrogen) atoms. The number of amides is 1. The van der Waals surface area contributed by atoms with Gasteiger partial charge >= 0.3 is 0 Å². The lowest BCUT2D eigenvalue weighted by Gasteiger charge is -2.34. The van der Waals surface area contributed by atoms with Crippen molar-refractivity contribution in [1.82, 2.24) is 19.9 Å². The van der Waals surface area contributed by atoms with Crippen molar-refractivity contribution in [2.24, 2.45) is 11.8 Å². The molecule has 3 aliphatic rings. The number of hydrogen-bond donors (Lipinski definition) is 1. The first kappa shape index (κ1) is 21.0. The molecule has 7 rings (SSSR count). The number of hydrogen-bond acceptors (Lipinski definition) is 3. The van der Waals surface area contributed by atoms with Crippen molar-refractivity contribution in [2.45, 2.75) is 50.4 Å². The summed E-state index contributed by atoms with van der Waals surface area (Å²) >= 11 is 0. The summed E-state index contributed by atoms with van der Waals surface area (Å²) in [5, 5.41) is 0.958. The second-order valence-corrected chi connectivity index (χ2v) is 10.7. The predicted molar refractivity (Wildman–Crippen MR) is 134 cm³/mol. The van der Waals surface area contributed by atoms with Crippen LogP contribution >= 0.6 is 0 Å². The molecule has 1 amide bonds. The van der Waals surface area contributed by atoms with E-state index >= 15 is 0 Å². The Hall–Kier alpha value is -3.28. The maximum atomic E-state index is 14.0. The summed E-state index contributed by atoms with van der Waals surface area (Å²) < 4.78 is 14.0. The van der Waals surface area contributed by atoms with Crippen molar-refractivity contribution in [3.63, 3.8) is 0 Å². The largest absolute Gasteiger partial charge is 0.342 e. The van der Waals surface area contributed by atoms with Gasteiger partial charge in [-0.2, -0.15) is 0 Å². The average Bonchev–Trinajstić information content (AvgIpc) is 3.81. The molecule has 1 N–H and O–H groups in total. The van der Waals surface area contributed by atoms with Crippen LogP contribution in [0.25, 0.3) is 21.9 Å². The molecule has 2 aliphatic carbocycles. The lowest BCUT2D eigenvalue weighted by atomic mass is 9.72. The van der Waals surface area contributed by atoms with Gasteiger partial charge in [0.05, 0.1) is 16.6 Å². The standard InChI is InChI=1S/C29H29FN4O/c30-21-8-10-24-23(16-21)22(11-12-31-24)17-1-3-18(4-2-17)27(19-5-6-19)28-32-25-9-7-20(15-26(25)33-28)29(35)34-13-14-34/h7-12,15-19,27H,1-6,13-14H2,(H,32,33)/t17-,18+,27-/m0/s1. The second-order valence-electron chi connectivity index (χ2n) is 10.7. The topological polar surface area (TPSA) is 61.6 Å². The third kappa shape index (κ3) is 3.89. The number of carbonyl (C=O) groups excluding carboxylic acids is 1. The number of aromatic nitrogens is 3. The van der Waals surface area contributed by atoms with Crippen LogP contribution in [0.3, 0.4) is 0 Å². The zero-order valence-electron chi connectivity index (χ0n) is 19.7. The van der Waals surface area contributed by atoms with E-state index in [4.69, 9.17) is 4.98 Å². The predicted octanol–water partition coefficient (Wildman–Crippen LogP) is 6.17. The highest BCUT2D eigenvalue weighted by molar-refractivity contribution is 5.98. The quantitative estimate of drug-likeness (QED) is 0.356. The molecule has 1 saturated heterocycles. The summed E-state index contributed by atoms with van der Waals surface area (Å²) in [5.41, 5.74) is 4.77. The fraction of sp³-hybridized carbons (Fsp3) is 0.414. The molecule has 5 nitrogen and oxygen atoms in total. The number of carbonyl (C=O) groups is 1. The Morgan fingerprint density at radius 1 is 0.943 bits per heavy atom. The molecule has 178 valence electrons. The fourth-order valence-electron chi connectivity index (χ4n) is 6.32. The number of rotatable bonds is 5. The van der Waals surface area contributed by atoms with Crippen molar-refractivity contribution in [2.75, 3.05) is 13.1 Å². The van der Waals surface area contributed by atoms with Crippen molar-refractivity contribution in [3.05, 3.63) is 71.4 Å². The Morgan fingerprint density at radius 3 is 2.46 bits per heavy atom. The molecule has 0 radical (unpaired) electrons. The van der Waals surface area contributed by atoms with Gasteiger partial charge in [0.2, 0.25) is 0 Å². The van der Waals surface area contributed by atoms with E-state index in [-0.39, 0.29) is 11.7 Å². The van der Waals surface area contributed by atoms with Crippen LogP contribution in [0.2, 0.25) is 0 Å². The summed E-state index contributed by atoms with van der Waals surface area (Å²) in [5.74, 6) is 3.20. The second kappa shape index (κ2) is 8.14. The van der Waals surface area contributed by atoms with Gasteiger partial charge in [-0.1, -0.05) is 0 Å². The fourth-order valence-corrected chi connectivity index (χ4v) is 6.32. The summed E-state index contributed by atoms with van der Waals surface area (Å²) in [7, 11) is 0. The van der Waals surface area contributed by atoms with Gasteiger partial charge in [-0.3, -0.25) is 9.78 Å². The molecule has 3 fully saturated rings. The number of halogens is 1. The number of pyridine rings is 1. The van der Waals surface area contributed by atoms with Crippen LogP contribution < -0.4 is 0 Å². The van der Waals surface area contributed by atoms with Gasteiger partial charge in [-0.15, -0.1) is 0 Å². The number of H-pyrrole nitrogens is 1. The summed E-state index contributed by atoms with van der Waals surface area (Å²) in [6.07, 6.45) is 8.93. The lowest BCUT2D eigenvalue weighted by molar-refractivity contribution is 0.0885. The molecule has 6 heteroatoms. The van der Waals surface area contributed by atoms with Crippen LogP contribution in [0.5, 0.6) is 0 Å². The Balaban J connectivity index is 1.13. The third-order valence-electron chi connectivity index (χ3n) is 8.39. The molecule has 0 bridgehead atoms. The van der Waals surface area contributed by atoms with Crippen LogP contribution in [0.15, 0.2) is 48.7 Å². The van der Waals surface area contributed by atoms with E-state index in [0.717, 1.165) is 72.1 Å². The molecule has 2 saturated carbocycles. The molecule has 2 aromatic carbocycles. The number of imidazole rings is 1. The zero-order valence-corrected chi connectivity index (χ0v) is 19.7. The van der Waals surface area contributed by atoms with E-state index in [1.54, 1.807) is 12.1 Å². The highest BCUT2D eigenvalue weighted by atomic mass is 19.1. The minimum Gasteiger partial charge on any atom is -0.342 e. The van der Waals surface area contributed by atoms with Crippen LogP contribution in [0, 0.1) is 17.7 Å². The lowest BCUT2D eigenvalue weighted by Crippen LogP contribution is -2.22. The normalized spacial score (nSPS) is 23.1. The molecule has 1 atom stereocenters. The van der Waals surface area contributed by atoms with Gasteiger partial charge in [-0.25, -0.2) is 9.37 Å². The van der Waals surface area contributed by atoms with E-state index in [1.165, 1.54) is 24.5 Å². The Labute approximate surface area is 203 Å². The summed E-state index contributed by atoms with van der Waals surface area (Å²) in [6.45, 7) is 1.72. The first-order valence-corrected chi connectivity index (χ1v) is 13.0. The zero-order chi connectivity index (χ0) is 23.5. The van der Waals surface area contributed by atoms with Gasteiger partial charge in [0.25, 0.3) is 5.91 Å². The summed E-state index contributed by atoms with van der Waals surface area (Å²) in [4.78, 5) is 27.4. The monoisotopic (exact) mass is 468 g/mol. The smallest absolute Gasteiger partial charge is 0.254 e. The average molecular weight is 469 g/mol. The minimum atomic E-state index is -0.196. The van der Waals surface area contributed by atoms with Gasteiger partial charge in [0.1, 0.15) is 11.6 Å². The summed E-state index contributed by atoms with van der Waals surface area (Å²) in [6, 6.07) is 12.9. The first-order chi connectivity index (χ1) is 17.1.